The van der Waals surface area contributed by atoms with Gasteiger partial charge in [0.2, 0.25) is 0 Å². The van der Waals surface area contributed by atoms with Crippen molar-refractivity contribution in [1.29, 1.82) is 0 Å². The summed E-state index contributed by atoms with van der Waals surface area (Å²) in [5, 5.41) is 0. The molecule has 0 saturated heterocycles. The molecule has 8 aliphatic carbocycles. The Hall–Kier alpha value is -4.48. The summed E-state index contributed by atoms with van der Waals surface area (Å²) in [5.41, 5.74) is 17.3. The van der Waals surface area contributed by atoms with Crippen LogP contribution in [0.1, 0.15) is 162 Å². The van der Waals surface area contributed by atoms with Gasteiger partial charge in [-0.2, -0.15) is 16.8 Å². The predicted octanol–water partition coefficient (Wildman–Crippen LogP) is 8.17. The van der Waals surface area contributed by atoms with Gasteiger partial charge in [-0.25, -0.2) is 0 Å². The van der Waals surface area contributed by atoms with E-state index in [1.807, 2.05) is 0 Å². The number of fused-ring (bicyclic) bond motifs is 31. The summed E-state index contributed by atoms with van der Waals surface area (Å²) >= 11 is 0. The van der Waals surface area contributed by atoms with Crippen molar-refractivity contribution in [2.75, 3.05) is 0 Å². The Morgan fingerprint density at radius 2 is 0.792 bits per heavy atom. The van der Waals surface area contributed by atoms with Gasteiger partial charge in [0.25, 0.3) is 0 Å². The van der Waals surface area contributed by atoms with Gasteiger partial charge in [0.15, 0.2) is 11.5 Å². The lowest BCUT2D eigenvalue weighted by molar-refractivity contribution is 0.375. The van der Waals surface area contributed by atoms with Crippen LogP contribution in [0.15, 0.2) is 72.8 Å². The molecule has 5 aromatic carbocycles. The molecule has 53 heavy (non-hydrogen) atoms. The fourth-order valence-corrected chi connectivity index (χ4v) is 13.8. The maximum atomic E-state index is 12.8. The van der Waals surface area contributed by atoms with Crippen molar-refractivity contribution in [2.24, 2.45) is 0 Å². The van der Waals surface area contributed by atoms with E-state index in [4.69, 9.17) is 8.37 Å². The van der Waals surface area contributed by atoms with Crippen LogP contribution >= 0.6 is 0 Å². The molecule has 0 heterocycles. The van der Waals surface area contributed by atoms with Gasteiger partial charge in [-0.05, 0) is 105 Å². The molecular weight excluding hydrogens is 709 g/mol. The third-order valence-electron chi connectivity index (χ3n) is 14.5. The Bertz CT molecular complexity index is 2840. The lowest BCUT2D eigenvalue weighted by atomic mass is 9.76. The van der Waals surface area contributed by atoms with E-state index >= 15 is 0 Å². The molecule has 8 nitrogen and oxygen atoms in total. The molecule has 0 radical (unpaired) electrons. The van der Waals surface area contributed by atoms with Crippen LogP contribution in [0, 0.1) is 0 Å². The first kappa shape index (κ1) is 29.9. The summed E-state index contributed by atoms with van der Waals surface area (Å²) in [6.45, 7) is 0. The summed E-state index contributed by atoms with van der Waals surface area (Å²) < 4.78 is 83.0. The van der Waals surface area contributed by atoms with Crippen molar-refractivity contribution in [2.45, 2.75) is 79.4 Å². The van der Waals surface area contributed by atoms with Crippen LogP contribution in [0.5, 0.6) is 11.5 Å². The second kappa shape index (κ2) is 9.41. The van der Waals surface area contributed by atoms with E-state index in [1.54, 1.807) is 0 Å². The maximum Gasteiger partial charge on any atom is 0.446 e. The fraction of sp³-hybridized carbons (Fsp3) is 0.302. The first-order valence-electron chi connectivity index (χ1n) is 18.6. The van der Waals surface area contributed by atoms with Crippen LogP contribution in [0.4, 0.5) is 0 Å². The smallest absolute Gasteiger partial charge is 0.361 e. The van der Waals surface area contributed by atoms with Gasteiger partial charge in [-0.15, -0.1) is 0 Å². The first-order chi connectivity index (χ1) is 25.5. The molecule has 8 aliphatic rings. The van der Waals surface area contributed by atoms with E-state index in [-0.39, 0.29) is 35.2 Å². The monoisotopic (exact) mass is 740 g/mol. The molecule has 8 atom stereocenters. The minimum atomic E-state index is -4.98. The summed E-state index contributed by atoms with van der Waals surface area (Å²) in [5.74, 6) is 0.295. The maximum absolute atomic E-state index is 12.8. The molecule has 0 fully saturated rings. The quantitative estimate of drug-likeness (QED) is 0.177. The average Bonchev–Trinajstić information content (AvgIpc) is 3.98. The normalized spacial score (nSPS) is 28.9. The SMILES string of the molecule is O=S(=O)(O)Oc1c2c(c(OS(=O)(=O)O)c3c1[C@H]1Cc4cc5c(cc4C3C1)[C@@H]1CC5c3ccccc31)[C@H]1CC2c2cc3c(cc21)C1C[C@@H]3c2ccccc21. The first-order valence-corrected chi connectivity index (χ1v) is 21.3. The molecular formula is C43H32O8S2. The van der Waals surface area contributed by atoms with Crippen molar-refractivity contribution in [1.82, 2.24) is 0 Å². The van der Waals surface area contributed by atoms with E-state index < -0.39 is 20.8 Å². The highest BCUT2D eigenvalue weighted by Crippen LogP contribution is 2.70. The van der Waals surface area contributed by atoms with Crippen molar-refractivity contribution >= 4 is 20.8 Å². The fourth-order valence-electron chi connectivity index (χ4n) is 13.0. The van der Waals surface area contributed by atoms with Gasteiger partial charge in [-0.3, -0.25) is 9.11 Å². The molecule has 264 valence electrons. The van der Waals surface area contributed by atoms with E-state index in [9.17, 15) is 25.9 Å². The van der Waals surface area contributed by atoms with E-state index in [2.05, 4.69) is 72.8 Å². The number of rotatable bonds is 4. The molecule has 0 amide bonds. The Labute approximate surface area is 306 Å². The third kappa shape index (κ3) is 3.68. The van der Waals surface area contributed by atoms with Crippen LogP contribution in [0.25, 0.3) is 0 Å². The topological polar surface area (TPSA) is 127 Å². The highest BCUT2D eigenvalue weighted by molar-refractivity contribution is 7.81. The minimum Gasteiger partial charge on any atom is -0.361 e. The molecule has 0 spiro atoms. The molecule has 0 aliphatic heterocycles. The van der Waals surface area contributed by atoms with E-state index in [0.29, 0.717) is 65.2 Å². The third-order valence-corrected chi connectivity index (χ3v) is 15.3. The van der Waals surface area contributed by atoms with Crippen LogP contribution in [0.3, 0.4) is 0 Å². The van der Waals surface area contributed by atoms with E-state index in [1.165, 1.54) is 44.5 Å². The Morgan fingerprint density at radius 1 is 0.434 bits per heavy atom. The summed E-state index contributed by atoms with van der Waals surface area (Å²) in [4.78, 5) is 0. The van der Waals surface area contributed by atoms with Gasteiger partial charge in [0.05, 0.1) is 0 Å². The zero-order chi connectivity index (χ0) is 35.4. The minimum absolute atomic E-state index is 0.0958. The zero-order valence-electron chi connectivity index (χ0n) is 28.2. The van der Waals surface area contributed by atoms with Crippen LogP contribution in [-0.2, 0) is 27.2 Å². The van der Waals surface area contributed by atoms with Gasteiger partial charge in [0, 0.05) is 63.7 Å². The van der Waals surface area contributed by atoms with Crippen LogP contribution in [0.2, 0.25) is 0 Å². The highest BCUT2D eigenvalue weighted by atomic mass is 32.3. The zero-order valence-corrected chi connectivity index (χ0v) is 29.9. The van der Waals surface area contributed by atoms with E-state index in [0.717, 1.165) is 35.1 Å². The number of hydrogen-bond donors (Lipinski definition) is 2. The number of benzene rings is 5. The molecule has 2 N–H and O–H groups in total. The predicted molar refractivity (Wildman–Crippen MR) is 194 cm³/mol. The molecule has 13 rings (SSSR count). The Kier molecular flexibility index (Phi) is 5.31. The summed E-state index contributed by atoms with van der Waals surface area (Å²) in [7, 11) is -9.94. The van der Waals surface area contributed by atoms with Crippen molar-refractivity contribution in [3.63, 3.8) is 0 Å². The molecule has 0 saturated carbocycles. The van der Waals surface area contributed by atoms with Gasteiger partial charge in [-0.1, -0.05) is 72.8 Å². The molecule has 10 heteroatoms. The standard InChI is InChI=1S/C43H32O8S2/c44-52(45,46)50-42-38-19-9-18-10-25-26-13-27(21-6-2-1-5-20(21)26)30(25)12-24(18)35(11-19)39(38)43(51-53(47,48)49)41-37-17-36(40(41)42)33-15-31-28-14-29(32(31)16-34(33)37)23-8-4-3-7-22(23)28/h1-8,10,12,15-16,19,26-29,35-37H,9,11,13-14,17H2,(H,44,45,46)(H,47,48,49)/t19-,26?,27+,28+,29?,35?,36?,37-/m0/s1. The van der Waals surface area contributed by atoms with Gasteiger partial charge in [0.1, 0.15) is 0 Å². The Morgan fingerprint density at radius 3 is 1.26 bits per heavy atom. The average molecular weight is 741 g/mol. The highest BCUT2D eigenvalue weighted by Gasteiger charge is 2.55. The summed E-state index contributed by atoms with van der Waals surface area (Å²) in [6, 6.07) is 26.4. The van der Waals surface area contributed by atoms with Gasteiger partial charge >= 0.3 is 20.8 Å². The molecule has 5 aromatic rings. The second-order valence-corrected chi connectivity index (χ2v) is 18.6. The molecule has 8 bridgehead atoms. The molecule has 4 unspecified atom stereocenters. The lowest BCUT2D eigenvalue weighted by Gasteiger charge is -2.29. The van der Waals surface area contributed by atoms with Crippen LogP contribution in [-0.4, -0.2) is 25.9 Å². The van der Waals surface area contributed by atoms with Crippen LogP contribution < -0.4 is 8.37 Å². The summed E-state index contributed by atoms with van der Waals surface area (Å²) in [6.07, 6.45) is 3.86. The van der Waals surface area contributed by atoms with Crippen molar-refractivity contribution < 1.29 is 34.3 Å². The van der Waals surface area contributed by atoms with Crippen molar-refractivity contribution in [3.05, 3.63) is 162 Å². The largest absolute Gasteiger partial charge is 0.446 e. The number of hydrogen-bond acceptors (Lipinski definition) is 6. The van der Waals surface area contributed by atoms with Gasteiger partial charge < -0.3 is 8.37 Å². The molecule has 0 aromatic heterocycles. The second-order valence-electron chi connectivity index (χ2n) is 16.6. The van der Waals surface area contributed by atoms with Crippen molar-refractivity contribution in [3.8, 4) is 11.5 Å². The lowest BCUT2D eigenvalue weighted by Crippen LogP contribution is -2.18. The Balaban J connectivity index is 1.03.